The zero-order chi connectivity index (χ0) is 18.4. The molecule has 134 valence electrons. The summed E-state index contributed by atoms with van der Waals surface area (Å²) in [5.41, 5.74) is 5.74. The minimum atomic E-state index is -0.0199. The Labute approximate surface area is 159 Å². The molecule has 0 bridgehead atoms. The van der Waals surface area contributed by atoms with E-state index in [0.29, 0.717) is 16.4 Å². The van der Waals surface area contributed by atoms with Crippen LogP contribution in [-0.2, 0) is 4.79 Å². The topological polar surface area (TPSA) is 37.3 Å². The van der Waals surface area contributed by atoms with Gasteiger partial charge < -0.3 is 5.11 Å². The van der Waals surface area contributed by atoms with Gasteiger partial charge in [-0.1, -0.05) is 48.7 Å². The molecular formula is C23H23ClO2. The predicted molar refractivity (Wildman–Crippen MR) is 106 cm³/mol. The first-order chi connectivity index (χ1) is 12.5. The first-order valence-electron chi connectivity index (χ1n) is 9.32. The summed E-state index contributed by atoms with van der Waals surface area (Å²) in [4.78, 5) is 13.0. The SMILES string of the molecule is Cc1cc(-c2ccc(Cl)cc2)cc(C)c1C1=C(O)[C@H]2CCCC[C@@H]2C1=O. The summed E-state index contributed by atoms with van der Waals surface area (Å²) in [5.74, 6) is 0.470. The molecule has 1 saturated carbocycles. The molecular weight excluding hydrogens is 344 g/mol. The van der Waals surface area contributed by atoms with Gasteiger partial charge in [0.05, 0.1) is 5.57 Å². The number of allylic oxidation sites excluding steroid dienone is 2. The van der Waals surface area contributed by atoms with Crippen LogP contribution in [0.25, 0.3) is 16.7 Å². The first-order valence-corrected chi connectivity index (χ1v) is 9.70. The molecule has 0 spiro atoms. The van der Waals surface area contributed by atoms with Crippen LogP contribution in [0.15, 0.2) is 42.2 Å². The van der Waals surface area contributed by atoms with E-state index in [-0.39, 0.29) is 17.6 Å². The summed E-state index contributed by atoms with van der Waals surface area (Å²) in [7, 11) is 0. The summed E-state index contributed by atoms with van der Waals surface area (Å²) in [6, 6.07) is 12.0. The molecule has 3 heteroatoms. The highest BCUT2D eigenvalue weighted by Crippen LogP contribution is 2.47. The van der Waals surface area contributed by atoms with Crippen LogP contribution in [0.5, 0.6) is 0 Å². The van der Waals surface area contributed by atoms with Crippen LogP contribution in [0, 0.1) is 25.7 Å². The third-order valence-corrected chi connectivity index (χ3v) is 6.17. The smallest absolute Gasteiger partial charge is 0.170 e. The molecule has 2 aromatic rings. The van der Waals surface area contributed by atoms with Gasteiger partial charge in [-0.25, -0.2) is 0 Å². The Balaban J connectivity index is 1.79. The Bertz CT molecular complexity index is 885. The number of carbonyl (C=O) groups is 1. The monoisotopic (exact) mass is 366 g/mol. The molecule has 2 nitrogen and oxygen atoms in total. The van der Waals surface area contributed by atoms with Gasteiger partial charge in [0, 0.05) is 16.9 Å². The molecule has 0 heterocycles. The lowest BCUT2D eigenvalue weighted by molar-refractivity contribution is -0.118. The number of hydrogen-bond acceptors (Lipinski definition) is 2. The highest BCUT2D eigenvalue weighted by atomic mass is 35.5. The van der Waals surface area contributed by atoms with E-state index in [1.807, 2.05) is 38.1 Å². The van der Waals surface area contributed by atoms with Gasteiger partial charge in [-0.2, -0.15) is 0 Å². The van der Waals surface area contributed by atoms with Crippen molar-refractivity contribution in [3.8, 4) is 11.1 Å². The molecule has 0 aliphatic heterocycles. The van der Waals surface area contributed by atoms with Gasteiger partial charge >= 0.3 is 0 Å². The van der Waals surface area contributed by atoms with Crippen LogP contribution in [0.2, 0.25) is 5.02 Å². The largest absolute Gasteiger partial charge is 0.511 e. The van der Waals surface area contributed by atoms with Crippen molar-refractivity contribution >= 4 is 23.0 Å². The van der Waals surface area contributed by atoms with Crippen molar-refractivity contribution in [2.75, 3.05) is 0 Å². The summed E-state index contributed by atoms with van der Waals surface area (Å²) in [5, 5.41) is 11.5. The van der Waals surface area contributed by atoms with E-state index in [1.165, 1.54) is 0 Å². The standard InChI is InChI=1S/C23H23ClO2/c1-13-11-16(15-7-9-17(24)10-8-15)12-14(2)20(13)21-22(25)18-5-3-4-6-19(18)23(21)26/h7-12,18-19,25H,3-6H2,1-2H3/t18-,19-/m0/s1. The first kappa shape index (κ1) is 17.4. The van der Waals surface area contributed by atoms with Crippen molar-refractivity contribution in [1.82, 2.24) is 0 Å². The molecule has 2 atom stereocenters. The van der Waals surface area contributed by atoms with Gasteiger partial charge in [0.15, 0.2) is 5.78 Å². The Morgan fingerprint density at radius 1 is 0.923 bits per heavy atom. The Morgan fingerprint density at radius 3 is 2.08 bits per heavy atom. The molecule has 0 saturated heterocycles. The predicted octanol–water partition coefficient (Wildman–Crippen LogP) is 6.28. The van der Waals surface area contributed by atoms with Crippen LogP contribution in [0.4, 0.5) is 0 Å². The van der Waals surface area contributed by atoms with Crippen molar-refractivity contribution < 1.29 is 9.90 Å². The summed E-state index contributed by atoms with van der Waals surface area (Å²) in [6.45, 7) is 4.05. The van der Waals surface area contributed by atoms with Gasteiger partial charge in [0.1, 0.15) is 5.76 Å². The van der Waals surface area contributed by atoms with E-state index in [0.717, 1.165) is 53.5 Å². The summed E-state index contributed by atoms with van der Waals surface area (Å²) < 4.78 is 0. The van der Waals surface area contributed by atoms with E-state index in [2.05, 4.69) is 12.1 Å². The van der Waals surface area contributed by atoms with Crippen molar-refractivity contribution in [3.63, 3.8) is 0 Å². The minimum Gasteiger partial charge on any atom is -0.511 e. The Morgan fingerprint density at radius 2 is 1.50 bits per heavy atom. The second-order valence-corrected chi connectivity index (χ2v) is 8.05. The van der Waals surface area contributed by atoms with Gasteiger partial charge in [0.25, 0.3) is 0 Å². The quantitative estimate of drug-likeness (QED) is 0.678. The molecule has 0 radical (unpaired) electrons. The maximum Gasteiger partial charge on any atom is 0.170 e. The van der Waals surface area contributed by atoms with Crippen molar-refractivity contribution in [2.24, 2.45) is 11.8 Å². The van der Waals surface area contributed by atoms with E-state index in [1.54, 1.807) is 0 Å². The third kappa shape index (κ3) is 2.77. The molecule has 0 unspecified atom stereocenters. The number of fused-ring (bicyclic) bond motifs is 1. The number of ketones is 1. The maximum absolute atomic E-state index is 13.0. The maximum atomic E-state index is 13.0. The molecule has 4 rings (SSSR count). The van der Waals surface area contributed by atoms with E-state index in [9.17, 15) is 9.90 Å². The number of aliphatic hydroxyl groups is 1. The fraction of sp³-hybridized carbons (Fsp3) is 0.348. The summed E-state index contributed by atoms with van der Waals surface area (Å²) in [6.07, 6.45) is 4.00. The number of aliphatic hydroxyl groups excluding tert-OH is 1. The fourth-order valence-electron chi connectivity index (χ4n) is 4.69. The van der Waals surface area contributed by atoms with Crippen LogP contribution in [-0.4, -0.2) is 10.9 Å². The lowest BCUT2D eigenvalue weighted by atomic mass is 9.80. The van der Waals surface area contributed by atoms with Gasteiger partial charge in [-0.3, -0.25) is 4.79 Å². The lowest BCUT2D eigenvalue weighted by Gasteiger charge is -2.23. The average molecular weight is 367 g/mol. The number of rotatable bonds is 2. The van der Waals surface area contributed by atoms with Gasteiger partial charge in [-0.15, -0.1) is 0 Å². The molecule has 1 N–H and O–H groups in total. The number of halogens is 1. The summed E-state index contributed by atoms with van der Waals surface area (Å²) >= 11 is 5.99. The Kier molecular flexibility index (Phi) is 4.40. The van der Waals surface area contributed by atoms with Crippen molar-refractivity contribution in [1.29, 1.82) is 0 Å². The number of benzene rings is 2. The van der Waals surface area contributed by atoms with Crippen LogP contribution in [0.1, 0.15) is 42.4 Å². The molecule has 0 amide bonds. The zero-order valence-electron chi connectivity index (χ0n) is 15.2. The number of hydrogen-bond donors (Lipinski definition) is 1. The van der Waals surface area contributed by atoms with Crippen LogP contribution < -0.4 is 0 Å². The molecule has 2 aromatic carbocycles. The van der Waals surface area contributed by atoms with E-state index < -0.39 is 0 Å². The highest BCUT2D eigenvalue weighted by molar-refractivity contribution is 6.30. The van der Waals surface area contributed by atoms with Crippen LogP contribution in [0.3, 0.4) is 0 Å². The highest BCUT2D eigenvalue weighted by Gasteiger charge is 2.44. The van der Waals surface area contributed by atoms with Crippen molar-refractivity contribution in [3.05, 3.63) is 63.9 Å². The molecule has 0 aromatic heterocycles. The van der Waals surface area contributed by atoms with Crippen LogP contribution >= 0.6 is 11.6 Å². The normalized spacial score (nSPS) is 22.7. The van der Waals surface area contributed by atoms with E-state index in [4.69, 9.17) is 11.6 Å². The molecule has 26 heavy (non-hydrogen) atoms. The van der Waals surface area contributed by atoms with Crippen molar-refractivity contribution in [2.45, 2.75) is 39.5 Å². The number of Topliss-reactive ketones (excluding diaryl/α,β-unsaturated/α-hetero) is 1. The second-order valence-electron chi connectivity index (χ2n) is 7.61. The van der Waals surface area contributed by atoms with Gasteiger partial charge in [0.2, 0.25) is 0 Å². The zero-order valence-corrected chi connectivity index (χ0v) is 15.9. The Hall–Kier alpha value is -2.06. The average Bonchev–Trinajstić information content (AvgIpc) is 2.87. The minimum absolute atomic E-state index is 0.0199. The fourth-order valence-corrected chi connectivity index (χ4v) is 4.81. The third-order valence-electron chi connectivity index (χ3n) is 5.92. The molecule has 2 aliphatic rings. The molecule has 1 fully saturated rings. The number of aryl methyl sites for hydroxylation is 2. The lowest BCUT2D eigenvalue weighted by Crippen LogP contribution is -2.21. The molecule has 2 aliphatic carbocycles. The number of carbonyl (C=O) groups excluding carboxylic acids is 1. The second kappa shape index (κ2) is 6.59. The van der Waals surface area contributed by atoms with Gasteiger partial charge in [-0.05, 0) is 66.6 Å². The van der Waals surface area contributed by atoms with E-state index >= 15 is 0 Å².